The lowest BCUT2D eigenvalue weighted by atomic mass is 10.2. The lowest BCUT2D eigenvalue weighted by Gasteiger charge is -2.05. The summed E-state index contributed by atoms with van der Waals surface area (Å²) in [5, 5.41) is 6.69. The van der Waals surface area contributed by atoms with Crippen molar-refractivity contribution in [2.45, 2.75) is 6.92 Å². The van der Waals surface area contributed by atoms with Gasteiger partial charge in [0.15, 0.2) is 5.13 Å². The number of fused-ring (bicyclic) bond motifs is 1. The summed E-state index contributed by atoms with van der Waals surface area (Å²) >= 11 is 7.32. The maximum atomic E-state index is 11.9. The van der Waals surface area contributed by atoms with Crippen LogP contribution in [0, 0.1) is 6.92 Å². The van der Waals surface area contributed by atoms with Crippen LogP contribution in [0.2, 0.25) is 5.02 Å². The summed E-state index contributed by atoms with van der Waals surface area (Å²) in [4.78, 5) is 16.3. The summed E-state index contributed by atoms with van der Waals surface area (Å²) in [5.41, 5.74) is 2.70. The zero-order valence-corrected chi connectivity index (χ0v) is 12.8. The van der Waals surface area contributed by atoms with E-state index in [9.17, 15) is 4.79 Å². The van der Waals surface area contributed by atoms with E-state index in [1.54, 1.807) is 6.07 Å². The summed E-state index contributed by atoms with van der Waals surface area (Å²) in [5.74, 6) is 0. The van der Waals surface area contributed by atoms with Gasteiger partial charge < -0.3 is 5.32 Å². The number of aryl methyl sites for hydroxylation is 1. The summed E-state index contributed by atoms with van der Waals surface area (Å²) in [6.45, 7) is 2.00. The average Bonchev–Trinajstić information content (AvgIpc) is 2.82. The predicted molar refractivity (Wildman–Crippen MR) is 88.5 cm³/mol. The molecule has 3 rings (SSSR count). The second-order valence-electron chi connectivity index (χ2n) is 4.58. The van der Waals surface area contributed by atoms with E-state index in [-0.39, 0.29) is 6.03 Å². The smallest absolute Gasteiger partial charge is 0.308 e. The molecular weight excluding hydrogens is 306 g/mol. The number of thiazole rings is 1. The maximum Gasteiger partial charge on any atom is 0.325 e. The third kappa shape index (κ3) is 3.32. The molecule has 0 bridgehead atoms. The number of aromatic nitrogens is 1. The van der Waals surface area contributed by atoms with Crippen LogP contribution in [-0.2, 0) is 0 Å². The lowest BCUT2D eigenvalue weighted by molar-refractivity contribution is 0.262. The highest BCUT2D eigenvalue weighted by atomic mass is 35.5. The fourth-order valence-corrected chi connectivity index (χ4v) is 2.99. The molecule has 2 aromatic carbocycles. The van der Waals surface area contributed by atoms with Gasteiger partial charge in [-0.2, -0.15) is 0 Å². The van der Waals surface area contributed by atoms with Gasteiger partial charge in [-0.05, 0) is 37.3 Å². The Kier molecular flexibility index (Phi) is 3.77. The van der Waals surface area contributed by atoms with Crippen molar-refractivity contribution in [1.29, 1.82) is 0 Å². The minimum absolute atomic E-state index is 0.316. The second kappa shape index (κ2) is 5.71. The van der Waals surface area contributed by atoms with Crippen molar-refractivity contribution in [3.63, 3.8) is 0 Å². The fourth-order valence-electron chi connectivity index (χ4n) is 1.85. The molecule has 0 unspecified atom stereocenters. The molecule has 0 spiro atoms. The number of hydrogen-bond donors (Lipinski definition) is 2. The predicted octanol–water partition coefficient (Wildman–Crippen LogP) is 4.90. The van der Waals surface area contributed by atoms with Gasteiger partial charge in [-0.1, -0.05) is 40.6 Å². The average molecular weight is 318 g/mol. The molecule has 0 saturated carbocycles. The Morgan fingerprint density at radius 1 is 1.14 bits per heavy atom. The van der Waals surface area contributed by atoms with E-state index in [0.717, 1.165) is 21.5 Å². The highest BCUT2D eigenvalue weighted by Crippen LogP contribution is 2.28. The summed E-state index contributed by atoms with van der Waals surface area (Å²) in [7, 11) is 0. The van der Waals surface area contributed by atoms with Gasteiger partial charge in [-0.15, -0.1) is 0 Å². The maximum absolute atomic E-state index is 11.9. The molecule has 21 heavy (non-hydrogen) atoms. The van der Waals surface area contributed by atoms with Crippen molar-refractivity contribution < 1.29 is 4.79 Å². The molecule has 0 aliphatic heterocycles. The van der Waals surface area contributed by atoms with Gasteiger partial charge in [0.05, 0.1) is 10.2 Å². The minimum atomic E-state index is -0.316. The van der Waals surface area contributed by atoms with Gasteiger partial charge in [0.25, 0.3) is 0 Å². The van der Waals surface area contributed by atoms with E-state index >= 15 is 0 Å². The molecule has 3 aromatic rings. The third-order valence-electron chi connectivity index (χ3n) is 2.88. The largest absolute Gasteiger partial charge is 0.325 e. The van der Waals surface area contributed by atoms with Gasteiger partial charge in [-0.3, -0.25) is 5.32 Å². The SMILES string of the molecule is Cc1ccc(NC(=O)Nc2nc3ccc(Cl)cc3s2)cc1. The van der Waals surface area contributed by atoms with Crippen LogP contribution in [-0.4, -0.2) is 11.0 Å². The Balaban J connectivity index is 1.72. The standard InChI is InChI=1S/C15H12ClN3OS/c1-9-2-5-11(6-3-9)17-14(20)19-15-18-12-7-4-10(16)8-13(12)21-15/h2-8H,1H3,(H2,17,18,19,20). The Bertz CT molecular complexity index is 798. The number of amides is 2. The van der Waals surface area contributed by atoms with E-state index < -0.39 is 0 Å². The van der Waals surface area contributed by atoms with E-state index in [1.165, 1.54) is 11.3 Å². The molecule has 6 heteroatoms. The molecule has 0 saturated heterocycles. The second-order valence-corrected chi connectivity index (χ2v) is 6.04. The zero-order chi connectivity index (χ0) is 14.8. The van der Waals surface area contributed by atoms with Gasteiger partial charge >= 0.3 is 6.03 Å². The molecule has 0 atom stereocenters. The molecule has 2 amide bonds. The Morgan fingerprint density at radius 2 is 1.90 bits per heavy atom. The molecule has 1 aromatic heterocycles. The number of carbonyl (C=O) groups excluding carboxylic acids is 1. The molecule has 2 N–H and O–H groups in total. The number of carbonyl (C=O) groups is 1. The molecule has 4 nitrogen and oxygen atoms in total. The van der Waals surface area contributed by atoms with Gasteiger partial charge in [0.1, 0.15) is 0 Å². The van der Waals surface area contributed by atoms with Crippen LogP contribution in [0.3, 0.4) is 0 Å². The molecule has 0 radical (unpaired) electrons. The highest BCUT2D eigenvalue weighted by Gasteiger charge is 2.08. The monoisotopic (exact) mass is 317 g/mol. The Labute approximate surface area is 130 Å². The highest BCUT2D eigenvalue weighted by molar-refractivity contribution is 7.22. The number of urea groups is 1. The Morgan fingerprint density at radius 3 is 2.67 bits per heavy atom. The summed E-state index contributed by atoms with van der Waals surface area (Å²) < 4.78 is 0.938. The Hall–Kier alpha value is -2.11. The first-order valence-corrected chi connectivity index (χ1v) is 7.50. The molecular formula is C15H12ClN3OS. The van der Waals surface area contributed by atoms with Crippen molar-refractivity contribution in [1.82, 2.24) is 4.98 Å². The molecule has 0 aliphatic rings. The number of anilines is 2. The van der Waals surface area contributed by atoms with Crippen molar-refractivity contribution in [3.05, 3.63) is 53.1 Å². The normalized spacial score (nSPS) is 10.6. The number of nitrogens with zero attached hydrogens (tertiary/aromatic N) is 1. The van der Waals surface area contributed by atoms with E-state index in [0.29, 0.717) is 10.2 Å². The van der Waals surface area contributed by atoms with E-state index in [4.69, 9.17) is 11.6 Å². The van der Waals surface area contributed by atoms with Crippen molar-refractivity contribution in [2.24, 2.45) is 0 Å². The van der Waals surface area contributed by atoms with Crippen LogP contribution in [0.4, 0.5) is 15.6 Å². The van der Waals surface area contributed by atoms with Gasteiger partial charge in [-0.25, -0.2) is 9.78 Å². The van der Waals surface area contributed by atoms with Crippen LogP contribution >= 0.6 is 22.9 Å². The molecule has 106 valence electrons. The number of hydrogen-bond acceptors (Lipinski definition) is 3. The minimum Gasteiger partial charge on any atom is -0.308 e. The fraction of sp³-hybridized carbons (Fsp3) is 0.0667. The first-order chi connectivity index (χ1) is 10.1. The topological polar surface area (TPSA) is 54.0 Å². The summed E-state index contributed by atoms with van der Waals surface area (Å²) in [6.07, 6.45) is 0. The zero-order valence-electron chi connectivity index (χ0n) is 11.2. The van der Waals surface area contributed by atoms with Crippen LogP contribution in [0.5, 0.6) is 0 Å². The van der Waals surface area contributed by atoms with E-state index in [1.807, 2.05) is 43.3 Å². The molecule has 0 aliphatic carbocycles. The van der Waals surface area contributed by atoms with Gasteiger partial charge in [0.2, 0.25) is 0 Å². The first-order valence-electron chi connectivity index (χ1n) is 6.31. The molecule has 0 fully saturated rings. The van der Waals surface area contributed by atoms with Crippen LogP contribution < -0.4 is 10.6 Å². The lowest BCUT2D eigenvalue weighted by Crippen LogP contribution is -2.19. The first kappa shape index (κ1) is 13.9. The quantitative estimate of drug-likeness (QED) is 0.706. The van der Waals surface area contributed by atoms with Crippen molar-refractivity contribution >= 4 is 50.0 Å². The molecule has 1 heterocycles. The number of rotatable bonds is 2. The third-order valence-corrected chi connectivity index (χ3v) is 4.05. The number of nitrogens with one attached hydrogen (secondary N) is 2. The van der Waals surface area contributed by atoms with Crippen LogP contribution in [0.25, 0.3) is 10.2 Å². The summed E-state index contributed by atoms with van der Waals surface area (Å²) in [6, 6.07) is 12.7. The number of benzene rings is 2. The van der Waals surface area contributed by atoms with Crippen LogP contribution in [0.1, 0.15) is 5.56 Å². The van der Waals surface area contributed by atoms with Crippen LogP contribution in [0.15, 0.2) is 42.5 Å². The number of halogens is 1. The van der Waals surface area contributed by atoms with Crippen molar-refractivity contribution in [2.75, 3.05) is 10.6 Å². The van der Waals surface area contributed by atoms with Crippen molar-refractivity contribution in [3.8, 4) is 0 Å². The van der Waals surface area contributed by atoms with E-state index in [2.05, 4.69) is 15.6 Å². The van der Waals surface area contributed by atoms with Gasteiger partial charge in [0, 0.05) is 10.7 Å².